The van der Waals surface area contributed by atoms with Crippen LogP contribution in [0.1, 0.15) is 11.1 Å². The molecule has 0 fully saturated rings. The normalized spacial score (nSPS) is 10.6. The molecule has 5 heteroatoms. The van der Waals surface area contributed by atoms with E-state index in [1.165, 1.54) is 6.08 Å². The third kappa shape index (κ3) is 5.28. The summed E-state index contributed by atoms with van der Waals surface area (Å²) in [4.78, 5) is 19.8. The lowest BCUT2D eigenvalue weighted by atomic mass is 10.2. The third-order valence-corrected chi connectivity index (χ3v) is 3.39. The van der Waals surface area contributed by atoms with Gasteiger partial charge in [-0.15, -0.1) is 0 Å². The fourth-order valence-corrected chi connectivity index (χ4v) is 2.11. The molecule has 5 nitrogen and oxygen atoms in total. The van der Waals surface area contributed by atoms with Crippen LogP contribution in [0.2, 0.25) is 0 Å². The minimum atomic E-state index is -0.203. The van der Waals surface area contributed by atoms with Crippen molar-refractivity contribution in [2.45, 2.75) is 6.61 Å². The quantitative estimate of drug-likeness (QED) is 0.699. The maximum absolute atomic E-state index is 11.9. The predicted molar refractivity (Wildman–Crippen MR) is 96.9 cm³/mol. The number of benzene rings is 1. The van der Waals surface area contributed by atoms with E-state index in [-0.39, 0.29) is 5.91 Å². The number of rotatable bonds is 6. The highest BCUT2D eigenvalue weighted by atomic mass is 16.5. The molecule has 0 unspecified atom stereocenters. The number of carbonyl (C=O) groups excluding carboxylic acids is 1. The van der Waals surface area contributed by atoms with Crippen LogP contribution < -0.4 is 10.1 Å². The lowest BCUT2D eigenvalue weighted by molar-refractivity contribution is -0.111. The van der Waals surface area contributed by atoms with Gasteiger partial charge in [0.2, 0.25) is 5.91 Å². The van der Waals surface area contributed by atoms with E-state index in [1.54, 1.807) is 43.0 Å². The lowest BCUT2D eigenvalue weighted by Gasteiger charge is -2.06. The smallest absolute Gasteiger partial charge is 0.248 e. The van der Waals surface area contributed by atoms with Gasteiger partial charge in [-0.05, 0) is 53.6 Å². The number of aromatic nitrogens is 2. The third-order valence-electron chi connectivity index (χ3n) is 3.39. The Kier molecular flexibility index (Phi) is 5.51. The first-order valence-corrected chi connectivity index (χ1v) is 7.80. The fourth-order valence-electron chi connectivity index (χ4n) is 2.11. The number of amides is 1. The topological polar surface area (TPSA) is 64.1 Å². The summed E-state index contributed by atoms with van der Waals surface area (Å²) in [5.41, 5.74) is 2.64. The van der Waals surface area contributed by atoms with Crippen LogP contribution in [0.25, 0.3) is 6.08 Å². The van der Waals surface area contributed by atoms with Crippen LogP contribution in [0.3, 0.4) is 0 Å². The second kappa shape index (κ2) is 8.40. The number of pyridine rings is 2. The van der Waals surface area contributed by atoms with Gasteiger partial charge in [-0.2, -0.15) is 0 Å². The average molecular weight is 331 g/mol. The van der Waals surface area contributed by atoms with Crippen molar-refractivity contribution in [1.29, 1.82) is 0 Å². The number of nitrogens with one attached hydrogen (secondary N) is 1. The Labute approximate surface area is 146 Å². The molecule has 3 rings (SSSR count). The molecule has 0 radical (unpaired) electrons. The SMILES string of the molecule is O=C(/C=C/c1ccc(OCc2ccncc2)cc1)Nc1cccnc1. The Hall–Kier alpha value is -3.47. The molecule has 25 heavy (non-hydrogen) atoms. The number of hydrogen-bond donors (Lipinski definition) is 1. The molecule has 1 N–H and O–H groups in total. The summed E-state index contributed by atoms with van der Waals surface area (Å²) < 4.78 is 5.71. The molecule has 2 heterocycles. The van der Waals surface area contributed by atoms with Crippen LogP contribution in [0.15, 0.2) is 79.4 Å². The maximum atomic E-state index is 11.9. The number of anilines is 1. The number of nitrogens with zero attached hydrogens (tertiary/aromatic N) is 2. The molecule has 124 valence electrons. The lowest BCUT2D eigenvalue weighted by Crippen LogP contribution is -2.07. The van der Waals surface area contributed by atoms with Gasteiger partial charge in [-0.3, -0.25) is 14.8 Å². The fraction of sp³-hybridized carbons (Fsp3) is 0.0500. The maximum Gasteiger partial charge on any atom is 0.248 e. The highest BCUT2D eigenvalue weighted by molar-refractivity contribution is 6.01. The molecule has 0 bridgehead atoms. The van der Waals surface area contributed by atoms with Crippen molar-refractivity contribution in [3.8, 4) is 5.75 Å². The number of hydrogen-bond acceptors (Lipinski definition) is 4. The van der Waals surface area contributed by atoms with E-state index in [1.807, 2.05) is 36.4 Å². The Morgan fingerprint density at radius 2 is 1.80 bits per heavy atom. The zero-order valence-corrected chi connectivity index (χ0v) is 13.5. The number of carbonyl (C=O) groups is 1. The van der Waals surface area contributed by atoms with Crippen molar-refractivity contribution in [2.75, 3.05) is 5.32 Å². The molecular weight excluding hydrogens is 314 g/mol. The van der Waals surface area contributed by atoms with E-state index >= 15 is 0 Å². The van der Waals surface area contributed by atoms with Gasteiger partial charge in [-0.25, -0.2) is 0 Å². The van der Waals surface area contributed by atoms with Gasteiger partial charge in [-0.1, -0.05) is 12.1 Å². The molecule has 0 atom stereocenters. The summed E-state index contributed by atoms with van der Waals surface area (Å²) >= 11 is 0. The van der Waals surface area contributed by atoms with Crippen molar-refractivity contribution < 1.29 is 9.53 Å². The van der Waals surface area contributed by atoms with Crippen LogP contribution in [-0.2, 0) is 11.4 Å². The van der Waals surface area contributed by atoms with E-state index in [9.17, 15) is 4.79 Å². The highest BCUT2D eigenvalue weighted by Gasteiger charge is 1.98. The van der Waals surface area contributed by atoms with Crippen molar-refractivity contribution in [1.82, 2.24) is 9.97 Å². The van der Waals surface area contributed by atoms with Crippen molar-refractivity contribution in [3.63, 3.8) is 0 Å². The molecule has 0 saturated heterocycles. The average Bonchev–Trinajstić information content (AvgIpc) is 2.67. The first kappa shape index (κ1) is 16.4. The number of ether oxygens (including phenoxy) is 1. The van der Waals surface area contributed by atoms with Gasteiger partial charge in [0.05, 0.1) is 11.9 Å². The second-order valence-electron chi connectivity index (χ2n) is 5.28. The van der Waals surface area contributed by atoms with Gasteiger partial charge >= 0.3 is 0 Å². The molecule has 3 aromatic rings. The van der Waals surface area contributed by atoms with Crippen LogP contribution >= 0.6 is 0 Å². The second-order valence-corrected chi connectivity index (χ2v) is 5.28. The van der Waals surface area contributed by atoms with E-state index in [0.29, 0.717) is 12.3 Å². The summed E-state index contributed by atoms with van der Waals surface area (Å²) in [6.07, 6.45) is 9.97. The summed E-state index contributed by atoms with van der Waals surface area (Å²) in [7, 11) is 0. The zero-order valence-electron chi connectivity index (χ0n) is 13.5. The van der Waals surface area contributed by atoms with Crippen molar-refractivity contribution in [2.24, 2.45) is 0 Å². The molecule has 1 amide bonds. The van der Waals surface area contributed by atoms with Crippen molar-refractivity contribution >= 4 is 17.7 Å². The van der Waals surface area contributed by atoms with Gasteiger partial charge < -0.3 is 10.1 Å². The van der Waals surface area contributed by atoms with Gasteiger partial charge in [0.1, 0.15) is 12.4 Å². The summed E-state index contributed by atoms with van der Waals surface area (Å²) in [5, 5.41) is 2.74. The molecule has 1 aromatic carbocycles. The molecule has 0 saturated carbocycles. The Morgan fingerprint density at radius 3 is 2.52 bits per heavy atom. The molecule has 0 aliphatic heterocycles. The molecule has 0 aliphatic rings. The largest absolute Gasteiger partial charge is 0.489 e. The first-order chi connectivity index (χ1) is 12.3. The van der Waals surface area contributed by atoms with Crippen LogP contribution in [0, 0.1) is 0 Å². The summed E-state index contributed by atoms with van der Waals surface area (Å²) in [5.74, 6) is 0.569. The summed E-state index contributed by atoms with van der Waals surface area (Å²) in [6, 6.07) is 14.9. The van der Waals surface area contributed by atoms with Crippen LogP contribution in [0.5, 0.6) is 5.75 Å². The minimum Gasteiger partial charge on any atom is -0.489 e. The molecular formula is C20H17N3O2. The van der Waals surface area contributed by atoms with E-state index in [0.717, 1.165) is 16.9 Å². The van der Waals surface area contributed by atoms with E-state index in [2.05, 4.69) is 15.3 Å². The van der Waals surface area contributed by atoms with Gasteiger partial charge in [0, 0.05) is 24.7 Å². The molecule has 2 aromatic heterocycles. The zero-order chi connectivity index (χ0) is 17.3. The Balaban J connectivity index is 1.52. The van der Waals surface area contributed by atoms with Crippen molar-refractivity contribution in [3.05, 3.63) is 90.5 Å². The monoisotopic (exact) mass is 331 g/mol. The van der Waals surface area contributed by atoms with Crippen LogP contribution in [0.4, 0.5) is 5.69 Å². The molecule has 0 spiro atoms. The predicted octanol–water partition coefficient (Wildman–Crippen LogP) is 3.71. The summed E-state index contributed by atoms with van der Waals surface area (Å²) in [6.45, 7) is 0.491. The highest BCUT2D eigenvalue weighted by Crippen LogP contribution is 2.15. The van der Waals surface area contributed by atoms with E-state index in [4.69, 9.17) is 4.74 Å². The standard InChI is InChI=1S/C20H17N3O2/c24-20(23-18-2-1-11-22-14-18)8-5-16-3-6-19(7-4-16)25-15-17-9-12-21-13-10-17/h1-14H,15H2,(H,23,24)/b8-5+. The molecule has 0 aliphatic carbocycles. The first-order valence-electron chi connectivity index (χ1n) is 7.80. The van der Waals surface area contributed by atoms with Crippen LogP contribution in [-0.4, -0.2) is 15.9 Å². The van der Waals surface area contributed by atoms with Gasteiger partial charge in [0.15, 0.2) is 0 Å². The van der Waals surface area contributed by atoms with Gasteiger partial charge in [0.25, 0.3) is 0 Å². The Bertz CT molecular complexity index is 832. The minimum absolute atomic E-state index is 0.203. The Morgan fingerprint density at radius 1 is 1.00 bits per heavy atom. The van der Waals surface area contributed by atoms with E-state index < -0.39 is 0 Å².